The van der Waals surface area contributed by atoms with Crippen molar-refractivity contribution in [3.05, 3.63) is 93.7 Å². The molecule has 3 aromatic heterocycles. The first kappa shape index (κ1) is 26.7. The van der Waals surface area contributed by atoms with Crippen LogP contribution in [0.4, 0.5) is 11.5 Å². The van der Waals surface area contributed by atoms with Crippen molar-refractivity contribution >= 4 is 49.9 Å². The first-order valence-corrected chi connectivity index (χ1v) is 14.1. The van der Waals surface area contributed by atoms with Gasteiger partial charge >= 0.3 is 0 Å². The van der Waals surface area contributed by atoms with Crippen LogP contribution in [0, 0.1) is 12.3 Å². The zero-order valence-electron chi connectivity index (χ0n) is 22.2. The van der Waals surface area contributed by atoms with Crippen LogP contribution in [0.3, 0.4) is 0 Å². The monoisotopic (exact) mass is 582 g/mol. The zero-order valence-corrected chi connectivity index (χ0v) is 23.0. The maximum absolute atomic E-state index is 14.1. The molecule has 0 aliphatic carbocycles. The molecule has 0 saturated heterocycles. The molecule has 0 bridgehead atoms. The van der Waals surface area contributed by atoms with Gasteiger partial charge < -0.3 is 10.6 Å². The molecule has 210 valence electrons. The number of aromatic nitrogens is 4. The number of nitrogens with zero attached hydrogens (tertiary/aromatic N) is 4. The third-order valence-corrected chi connectivity index (χ3v) is 7.89. The molecule has 0 spiro atoms. The minimum atomic E-state index is -4.05. The first-order chi connectivity index (χ1) is 20.1. The molecule has 42 heavy (non-hydrogen) atoms. The predicted molar refractivity (Wildman–Crippen MR) is 156 cm³/mol. The minimum Gasteiger partial charge on any atom is -0.344 e. The Morgan fingerprint density at radius 1 is 1.10 bits per heavy atom. The summed E-state index contributed by atoms with van der Waals surface area (Å²) >= 11 is 0. The van der Waals surface area contributed by atoms with Crippen LogP contribution in [0.25, 0.3) is 22.1 Å². The van der Waals surface area contributed by atoms with E-state index in [2.05, 4.69) is 36.1 Å². The number of carbonyl (C=O) groups excluding carboxylic acids is 2. The SMILES string of the molecule is C#Cc1ccc2c3c(c(C(C)NC(=O)c4c(NS(=O)(=O)NC)nn5cccnc45)n(-c4ccccc4)c(=O)c13)C(=O)N2. The van der Waals surface area contributed by atoms with Crippen molar-refractivity contribution in [2.24, 2.45) is 0 Å². The largest absolute Gasteiger partial charge is 0.344 e. The van der Waals surface area contributed by atoms with Gasteiger partial charge in [-0.3, -0.25) is 23.7 Å². The molecule has 0 fully saturated rings. The van der Waals surface area contributed by atoms with Gasteiger partial charge in [-0.15, -0.1) is 11.5 Å². The Balaban J connectivity index is 1.56. The van der Waals surface area contributed by atoms with E-state index in [9.17, 15) is 22.8 Å². The molecule has 4 N–H and O–H groups in total. The number of carbonyl (C=O) groups is 2. The molecule has 0 saturated carbocycles. The summed E-state index contributed by atoms with van der Waals surface area (Å²) in [5.41, 5.74) is 1.04. The second-order valence-corrected chi connectivity index (χ2v) is 11.0. The van der Waals surface area contributed by atoms with E-state index in [0.717, 1.165) is 0 Å². The number of anilines is 2. The van der Waals surface area contributed by atoms with E-state index in [1.807, 2.05) is 0 Å². The summed E-state index contributed by atoms with van der Waals surface area (Å²) in [4.78, 5) is 45.5. The first-order valence-electron chi connectivity index (χ1n) is 12.6. The Labute approximate surface area is 238 Å². The molecule has 2 amide bonds. The van der Waals surface area contributed by atoms with Crippen molar-refractivity contribution in [2.75, 3.05) is 17.1 Å². The van der Waals surface area contributed by atoms with Gasteiger partial charge in [-0.2, -0.15) is 8.42 Å². The van der Waals surface area contributed by atoms with Gasteiger partial charge in [-0.1, -0.05) is 24.1 Å². The van der Waals surface area contributed by atoms with E-state index in [4.69, 9.17) is 6.42 Å². The van der Waals surface area contributed by atoms with Crippen molar-refractivity contribution in [1.29, 1.82) is 0 Å². The quantitative estimate of drug-likeness (QED) is 0.213. The lowest BCUT2D eigenvalue weighted by Gasteiger charge is -2.23. The number of benzene rings is 2. The number of nitrogens with one attached hydrogen (secondary N) is 4. The Morgan fingerprint density at radius 2 is 1.86 bits per heavy atom. The molecule has 1 atom stereocenters. The van der Waals surface area contributed by atoms with Crippen molar-refractivity contribution in [1.82, 2.24) is 29.2 Å². The van der Waals surface area contributed by atoms with Crippen molar-refractivity contribution in [2.45, 2.75) is 13.0 Å². The molecule has 1 unspecified atom stereocenters. The van der Waals surface area contributed by atoms with Gasteiger partial charge in [0, 0.05) is 36.1 Å². The fourth-order valence-corrected chi connectivity index (χ4v) is 5.61. The van der Waals surface area contributed by atoms with E-state index >= 15 is 0 Å². The maximum Gasteiger partial charge on any atom is 0.300 e. The molecular weight excluding hydrogens is 560 g/mol. The normalized spacial score (nSPS) is 13.1. The average Bonchev–Trinajstić information content (AvgIpc) is 3.51. The smallest absolute Gasteiger partial charge is 0.300 e. The lowest BCUT2D eigenvalue weighted by atomic mass is 9.97. The van der Waals surface area contributed by atoms with Crippen LogP contribution in [0.15, 0.2) is 65.7 Å². The van der Waals surface area contributed by atoms with Crippen LogP contribution in [0.2, 0.25) is 0 Å². The van der Waals surface area contributed by atoms with E-state index in [1.54, 1.807) is 55.5 Å². The molecule has 2 aromatic carbocycles. The number of hydrogen-bond acceptors (Lipinski definition) is 7. The summed E-state index contributed by atoms with van der Waals surface area (Å²) in [5.74, 6) is 1.05. The van der Waals surface area contributed by atoms with Gasteiger partial charge in [0.2, 0.25) is 0 Å². The van der Waals surface area contributed by atoms with Crippen LogP contribution < -0.4 is 25.6 Å². The lowest BCUT2D eigenvalue weighted by Crippen LogP contribution is -2.35. The molecule has 5 aromatic rings. The number of amides is 2. The second-order valence-electron chi connectivity index (χ2n) is 9.36. The molecule has 13 nitrogen and oxygen atoms in total. The fourth-order valence-electron chi connectivity index (χ4n) is 5.11. The Kier molecular flexibility index (Phi) is 6.25. The third kappa shape index (κ3) is 4.15. The van der Waals surface area contributed by atoms with Gasteiger partial charge in [-0.25, -0.2) is 14.2 Å². The highest BCUT2D eigenvalue weighted by molar-refractivity contribution is 7.90. The third-order valence-electron chi connectivity index (χ3n) is 6.89. The summed E-state index contributed by atoms with van der Waals surface area (Å²) in [5, 5.41) is 10.3. The van der Waals surface area contributed by atoms with E-state index in [0.29, 0.717) is 22.3 Å². The number of hydrogen-bond donors (Lipinski definition) is 4. The van der Waals surface area contributed by atoms with Crippen LogP contribution in [0.1, 0.15) is 44.9 Å². The van der Waals surface area contributed by atoms with Crippen molar-refractivity contribution in [3.8, 4) is 18.0 Å². The highest BCUT2D eigenvalue weighted by Crippen LogP contribution is 2.38. The highest BCUT2D eigenvalue weighted by Gasteiger charge is 2.34. The molecule has 4 heterocycles. The number of fused-ring (bicyclic) bond motifs is 1. The predicted octanol–water partition coefficient (Wildman–Crippen LogP) is 1.95. The summed E-state index contributed by atoms with van der Waals surface area (Å²) < 4.78 is 31.5. The molecule has 0 radical (unpaired) electrons. The minimum absolute atomic E-state index is 0.0817. The van der Waals surface area contributed by atoms with Crippen molar-refractivity contribution in [3.63, 3.8) is 0 Å². The summed E-state index contributed by atoms with van der Waals surface area (Å²) in [6, 6.07) is 12.5. The Hall–Kier alpha value is -5.52. The van der Waals surface area contributed by atoms with Crippen LogP contribution in [-0.2, 0) is 10.2 Å². The number of para-hydroxylation sites is 1. The van der Waals surface area contributed by atoms with E-state index < -0.39 is 33.6 Å². The van der Waals surface area contributed by atoms with E-state index in [1.165, 1.54) is 28.5 Å². The molecular formula is C28H22N8O5S. The molecule has 1 aliphatic rings. The molecule has 6 rings (SSSR count). The number of terminal acetylenes is 1. The van der Waals surface area contributed by atoms with Gasteiger partial charge in [0.15, 0.2) is 11.5 Å². The summed E-state index contributed by atoms with van der Waals surface area (Å²) in [6.07, 6.45) is 8.67. The average molecular weight is 583 g/mol. The van der Waals surface area contributed by atoms with Crippen LogP contribution in [0.5, 0.6) is 0 Å². The molecule has 1 aliphatic heterocycles. The number of rotatable bonds is 7. The van der Waals surface area contributed by atoms with E-state index in [-0.39, 0.29) is 33.7 Å². The maximum atomic E-state index is 14.1. The highest BCUT2D eigenvalue weighted by atomic mass is 32.2. The lowest BCUT2D eigenvalue weighted by molar-refractivity contribution is 0.0937. The van der Waals surface area contributed by atoms with Crippen molar-refractivity contribution < 1.29 is 18.0 Å². The Morgan fingerprint density at radius 3 is 2.57 bits per heavy atom. The Bertz CT molecular complexity index is 2160. The van der Waals surface area contributed by atoms with Crippen LogP contribution >= 0.6 is 0 Å². The van der Waals surface area contributed by atoms with Gasteiger partial charge in [0.1, 0.15) is 5.56 Å². The standard InChI is InChI=1S/C28H22N8O5S/c1-4-16-11-12-18-20-19(16)28(39)36(17-9-6-5-7-10-17)23(21(20)26(37)32-18)15(2)31-27(38)22-24(34-42(40,41)29-3)33-35-14-8-13-30-25(22)35/h1,5-15,29H,2-3H3,(H,31,38)(H,32,37)(H,33,34). The summed E-state index contributed by atoms with van der Waals surface area (Å²) in [7, 11) is -2.84. The van der Waals surface area contributed by atoms with Crippen LogP contribution in [-0.4, -0.2) is 46.4 Å². The molecule has 14 heteroatoms. The van der Waals surface area contributed by atoms with Gasteiger partial charge in [0.05, 0.1) is 28.4 Å². The van der Waals surface area contributed by atoms with Gasteiger partial charge in [-0.05, 0) is 37.3 Å². The summed E-state index contributed by atoms with van der Waals surface area (Å²) in [6.45, 7) is 1.61. The van der Waals surface area contributed by atoms with Gasteiger partial charge in [0.25, 0.3) is 27.6 Å². The number of pyridine rings is 1. The fraction of sp³-hybridized carbons (Fsp3) is 0.107. The second kappa shape index (κ2) is 9.84. The zero-order chi connectivity index (χ0) is 29.8. The topological polar surface area (TPSA) is 169 Å².